The van der Waals surface area contributed by atoms with E-state index in [4.69, 9.17) is 9.15 Å². The lowest BCUT2D eigenvalue weighted by atomic mass is 10.2. The van der Waals surface area contributed by atoms with Crippen molar-refractivity contribution < 1.29 is 13.9 Å². The Kier molecular flexibility index (Phi) is 5.14. The Labute approximate surface area is 172 Å². The quantitative estimate of drug-likeness (QED) is 0.468. The van der Waals surface area contributed by atoms with Crippen molar-refractivity contribution in [3.8, 4) is 11.5 Å². The van der Waals surface area contributed by atoms with E-state index in [2.05, 4.69) is 15.2 Å². The van der Waals surface area contributed by atoms with Crippen molar-refractivity contribution in [3.05, 3.63) is 76.0 Å². The number of carbonyl (C=O) groups excluding carboxylic acids is 1. The molecule has 0 aliphatic rings. The maximum absolute atomic E-state index is 12.6. The predicted octanol–water partition coefficient (Wildman–Crippen LogP) is 3.69. The monoisotopic (exact) mass is 404 g/mol. The maximum atomic E-state index is 12.6. The average molecular weight is 404 g/mol. The minimum atomic E-state index is -0.725. The van der Waals surface area contributed by atoms with Crippen molar-refractivity contribution in [2.45, 2.75) is 33.4 Å². The van der Waals surface area contributed by atoms with Crippen molar-refractivity contribution in [2.24, 2.45) is 0 Å². The number of fused-ring (bicyclic) bond motifs is 1. The average Bonchev–Trinajstić information content (AvgIpc) is 3.25. The van der Waals surface area contributed by atoms with Gasteiger partial charge in [0, 0.05) is 12.1 Å². The van der Waals surface area contributed by atoms with Crippen LogP contribution in [-0.2, 0) is 11.3 Å². The number of ether oxygens (including phenoxy) is 1. The number of benzene rings is 2. The predicted molar refractivity (Wildman–Crippen MR) is 110 cm³/mol. The van der Waals surface area contributed by atoms with Crippen LogP contribution in [0.5, 0.6) is 0 Å². The normalized spacial score (nSPS) is 12.1. The van der Waals surface area contributed by atoms with Gasteiger partial charge in [0.1, 0.15) is 5.69 Å². The summed E-state index contributed by atoms with van der Waals surface area (Å²) in [6, 6.07) is 14.3. The summed E-state index contributed by atoms with van der Waals surface area (Å²) in [6.45, 7) is 5.72. The first-order chi connectivity index (χ1) is 14.5. The van der Waals surface area contributed by atoms with Crippen LogP contribution in [-0.4, -0.2) is 25.7 Å². The van der Waals surface area contributed by atoms with Gasteiger partial charge in [-0.2, -0.15) is 0 Å². The molecule has 0 fully saturated rings. The van der Waals surface area contributed by atoms with Gasteiger partial charge in [0.2, 0.25) is 5.89 Å². The van der Waals surface area contributed by atoms with E-state index in [1.54, 1.807) is 36.6 Å². The summed E-state index contributed by atoms with van der Waals surface area (Å²) in [5, 5.41) is 8.00. The molecule has 0 amide bonds. The Morgan fingerprint density at radius 3 is 2.67 bits per heavy atom. The molecule has 2 aromatic carbocycles. The highest BCUT2D eigenvalue weighted by Crippen LogP contribution is 2.23. The molecule has 2 heterocycles. The largest absolute Gasteiger partial charge is 0.449 e. The van der Waals surface area contributed by atoms with E-state index in [-0.39, 0.29) is 11.4 Å². The van der Waals surface area contributed by atoms with Gasteiger partial charge in [-0.15, -0.1) is 10.2 Å². The molecule has 8 nitrogen and oxygen atoms in total. The number of rotatable bonds is 5. The maximum Gasteiger partial charge on any atom is 0.338 e. The molecule has 2 aromatic heterocycles. The van der Waals surface area contributed by atoms with Gasteiger partial charge in [-0.05, 0) is 51.1 Å². The highest BCUT2D eigenvalue weighted by Gasteiger charge is 2.20. The first-order valence-electron chi connectivity index (χ1n) is 9.59. The molecule has 30 heavy (non-hydrogen) atoms. The number of aromatic nitrogens is 4. The SMILES string of the molecule is CCn1c(=O)c(C)nc2cc(C(=O)O[C@H](C)c3nnc(-c4ccccc4)o3)ccc21. The minimum absolute atomic E-state index is 0.139. The highest BCUT2D eigenvalue weighted by molar-refractivity contribution is 5.93. The molecule has 8 heteroatoms. The molecule has 0 saturated carbocycles. The van der Waals surface area contributed by atoms with Crippen LogP contribution in [0.3, 0.4) is 0 Å². The van der Waals surface area contributed by atoms with Crippen LogP contribution in [0, 0.1) is 6.92 Å². The number of nitrogens with zero attached hydrogens (tertiary/aromatic N) is 4. The standard InChI is InChI=1S/C22H20N4O4/c1-4-26-18-11-10-16(12-17(18)23-13(2)21(26)27)22(28)29-14(3)19-24-25-20(30-19)15-8-6-5-7-9-15/h5-12,14H,4H2,1-3H3/t14-/m1/s1. The van der Waals surface area contributed by atoms with Gasteiger partial charge < -0.3 is 13.7 Å². The van der Waals surface area contributed by atoms with Crippen LogP contribution < -0.4 is 5.56 Å². The first kappa shape index (κ1) is 19.5. The molecular formula is C22H20N4O4. The van der Waals surface area contributed by atoms with Gasteiger partial charge in [-0.25, -0.2) is 9.78 Å². The van der Waals surface area contributed by atoms with Crippen molar-refractivity contribution >= 4 is 17.0 Å². The van der Waals surface area contributed by atoms with Crippen molar-refractivity contribution in [2.75, 3.05) is 0 Å². The molecule has 4 aromatic rings. The topological polar surface area (TPSA) is 100 Å². The van der Waals surface area contributed by atoms with Crippen molar-refractivity contribution in [1.29, 1.82) is 0 Å². The molecule has 0 aliphatic heterocycles. The van der Waals surface area contributed by atoms with E-state index in [1.165, 1.54) is 0 Å². The third kappa shape index (κ3) is 3.59. The second-order valence-corrected chi connectivity index (χ2v) is 6.81. The van der Waals surface area contributed by atoms with E-state index in [1.807, 2.05) is 37.3 Å². The number of hydrogen-bond acceptors (Lipinski definition) is 7. The molecule has 152 valence electrons. The fourth-order valence-electron chi connectivity index (χ4n) is 3.19. The summed E-state index contributed by atoms with van der Waals surface area (Å²) < 4.78 is 12.8. The van der Waals surface area contributed by atoms with Crippen LogP contribution in [0.2, 0.25) is 0 Å². The third-order valence-corrected chi connectivity index (χ3v) is 4.75. The van der Waals surface area contributed by atoms with Gasteiger partial charge in [0.15, 0.2) is 6.10 Å². The Morgan fingerprint density at radius 1 is 1.17 bits per heavy atom. The minimum Gasteiger partial charge on any atom is -0.449 e. The summed E-state index contributed by atoms with van der Waals surface area (Å²) in [5.41, 5.74) is 2.57. The summed E-state index contributed by atoms with van der Waals surface area (Å²) in [5.74, 6) is 0.0192. The van der Waals surface area contributed by atoms with E-state index >= 15 is 0 Å². The second-order valence-electron chi connectivity index (χ2n) is 6.81. The lowest BCUT2D eigenvalue weighted by Crippen LogP contribution is -2.23. The molecule has 0 bridgehead atoms. The lowest BCUT2D eigenvalue weighted by molar-refractivity contribution is 0.0280. The highest BCUT2D eigenvalue weighted by atomic mass is 16.6. The fraction of sp³-hybridized carbons (Fsp3) is 0.227. The zero-order valence-corrected chi connectivity index (χ0v) is 16.8. The number of hydrogen-bond donors (Lipinski definition) is 0. The van der Waals surface area contributed by atoms with Gasteiger partial charge in [-0.3, -0.25) is 4.79 Å². The van der Waals surface area contributed by atoms with Crippen LogP contribution in [0.25, 0.3) is 22.5 Å². The van der Waals surface area contributed by atoms with Gasteiger partial charge in [0.05, 0.1) is 16.6 Å². The molecule has 0 unspecified atom stereocenters. The van der Waals surface area contributed by atoms with Crippen LogP contribution in [0.15, 0.2) is 57.7 Å². The Morgan fingerprint density at radius 2 is 1.93 bits per heavy atom. The van der Waals surface area contributed by atoms with Crippen LogP contribution in [0.4, 0.5) is 0 Å². The van der Waals surface area contributed by atoms with Crippen LogP contribution in [0.1, 0.15) is 41.9 Å². The zero-order chi connectivity index (χ0) is 21.3. The Balaban J connectivity index is 1.56. The van der Waals surface area contributed by atoms with Gasteiger partial charge >= 0.3 is 5.97 Å². The number of aryl methyl sites for hydroxylation is 2. The first-order valence-corrected chi connectivity index (χ1v) is 9.59. The summed E-state index contributed by atoms with van der Waals surface area (Å²) >= 11 is 0. The summed E-state index contributed by atoms with van der Waals surface area (Å²) in [4.78, 5) is 29.2. The molecule has 0 aliphatic carbocycles. The Bertz CT molecular complexity index is 1280. The number of carbonyl (C=O) groups is 1. The molecule has 1 atom stereocenters. The lowest BCUT2D eigenvalue weighted by Gasteiger charge is -2.12. The molecule has 0 N–H and O–H groups in total. The van der Waals surface area contributed by atoms with E-state index in [0.717, 1.165) is 5.56 Å². The van der Waals surface area contributed by atoms with E-state index < -0.39 is 12.1 Å². The second kappa shape index (κ2) is 7.90. The zero-order valence-electron chi connectivity index (χ0n) is 16.8. The summed E-state index contributed by atoms with van der Waals surface area (Å²) in [7, 11) is 0. The molecule has 0 radical (unpaired) electrons. The van der Waals surface area contributed by atoms with E-state index in [9.17, 15) is 9.59 Å². The molecule has 4 rings (SSSR count). The van der Waals surface area contributed by atoms with Crippen molar-refractivity contribution in [1.82, 2.24) is 19.7 Å². The fourth-order valence-corrected chi connectivity index (χ4v) is 3.19. The van der Waals surface area contributed by atoms with Crippen molar-refractivity contribution in [3.63, 3.8) is 0 Å². The molecule has 0 spiro atoms. The van der Waals surface area contributed by atoms with Gasteiger partial charge in [-0.1, -0.05) is 18.2 Å². The smallest absolute Gasteiger partial charge is 0.338 e. The van der Waals surface area contributed by atoms with Gasteiger partial charge in [0.25, 0.3) is 11.4 Å². The van der Waals surface area contributed by atoms with E-state index in [0.29, 0.717) is 34.7 Å². The van der Waals surface area contributed by atoms with Crippen LogP contribution >= 0.6 is 0 Å². The number of esters is 1. The molecule has 0 saturated heterocycles. The molecular weight excluding hydrogens is 384 g/mol. The Hall–Kier alpha value is -3.81. The summed E-state index contributed by atoms with van der Waals surface area (Å²) in [6.07, 6.45) is -0.725. The third-order valence-electron chi connectivity index (χ3n) is 4.75.